The van der Waals surface area contributed by atoms with Crippen LogP contribution in [0.3, 0.4) is 0 Å². The van der Waals surface area contributed by atoms with E-state index < -0.39 is 0 Å². The molecule has 2 aromatic rings. The van der Waals surface area contributed by atoms with Gasteiger partial charge in [0.05, 0.1) is 18.1 Å². The molecule has 1 saturated heterocycles. The minimum absolute atomic E-state index is 0.0290. The van der Waals surface area contributed by atoms with Crippen molar-refractivity contribution in [2.45, 2.75) is 6.92 Å². The van der Waals surface area contributed by atoms with Gasteiger partial charge in [0.2, 0.25) is 0 Å². The maximum Gasteiger partial charge on any atom is 0.259 e. The molecule has 2 aromatic heterocycles. The minimum Gasteiger partial charge on any atom is -0.397 e. The van der Waals surface area contributed by atoms with Crippen LogP contribution in [0.4, 0.5) is 11.5 Å². The van der Waals surface area contributed by atoms with E-state index >= 15 is 0 Å². The summed E-state index contributed by atoms with van der Waals surface area (Å²) >= 11 is 0. The van der Waals surface area contributed by atoms with Gasteiger partial charge >= 0.3 is 0 Å². The molecule has 0 radical (unpaired) electrons. The number of piperazine rings is 1. The summed E-state index contributed by atoms with van der Waals surface area (Å²) in [6, 6.07) is 3.73. The lowest BCUT2D eigenvalue weighted by atomic mass is 10.2. The monoisotopic (exact) mass is 287 g/mol. The fourth-order valence-electron chi connectivity index (χ4n) is 2.40. The van der Waals surface area contributed by atoms with Crippen LogP contribution < -0.4 is 10.6 Å². The lowest BCUT2D eigenvalue weighted by Crippen LogP contribution is -2.49. The molecule has 1 aliphatic rings. The Labute approximate surface area is 122 Å². The maximum absolute atomic E-state index is 12.3. The van der Waals surface area contributed by atoms with E-state index in [0.717, 1.165) is 18.9 Å². The second-order valence-electron chi connectivity index (χ2n) is 5.02. The second kappa shape index (κ2) is 5.43. The number of anilines is 2. The van der Waals surface area contributed by atoms with Crippen LogP contribution >= 0.6 is 0 Å². The highest BCUT2D eigenvalue weighted by Crippen LogP contribution is 2.17. The number of nitrogens with zero attached hydrogens (tertiary/aromatic N) is 4. The highest BCUT2D eigenvalue weighted by molar-refractivity contribution is 5.94. The Morgan fingerprint density at radius 2 is 2.00 bits per heavy atom. The summed E-state index contributed by atoms with van der Waals surface area (Å²) in [6.45, 7) is 4.53. The first-order valence-electron chi connectivity index (χ1n) is 6.82. The third-order valence-electron chi connectivity index (χ3n) is 3.64. The number of nitrogens with two attached hydrogens (primary N) is 1. The Morgan fingerprint density at radius 3 is 2.57 bits per heavy atom. The zero-order valence-corrected chi connectivity index (χ0v) is 11.8. The molecular formula is C14H17N5O2. The van der Waals surface area contributed by atoms with Gasteiger partial charge in [0, 0.05) is 26.2 Å². The second-order valence-corrected chi connectivity index (χ2v) is 5.02. The Hall–Kier alpha value is -2.57. The van der Waals surface area contributed by atoms with Crippen molar-refractivity contribution in [2.24, 2.45) is 0 Å². The van der Waals surface area contributed by atoms with E-state index in [1.165, 1.54) is 6.20 Å². The fourth-order valence-corrected chi connectivity index (χ4v) is 2.40. The third kappa shape index (κ3) is 2.67. The number of aryl methyl sites for hydroxylation is 1. The number of carbonyl (C=O) groups excluding carboxylic acids is 1. The Kier molecular flexibility index (Phi) is 3.47. The van der Waals surface area contributed by atoms with Crippen molar-refractivity contribution < 1.29 is 9.32 Å². The van der Waals surface area contributed by atoms with Crippen molar-refractivity contribution in [3.05, 3.63) is 35.9 Å². The zero-order chi connectivity index (χ0) is 14.8. The molecule has 7 nitrogen and oxygen atoms in total. The van der Waals surface area contributed by atoms with Gasteiger partial charge in [-0.2, -0.15) is 0 Å². The molecule has 7 heteroatoms. The molecule has 1 fully saturated rings. The molecule has 3 rings (SSSR count). The normalized spacial score (nSPS) is 15.3. The van der Waals surface area contributed by atoms with Crippen LogP contribution in [0.25, 0.3) is 0 Å². The Bertz CT molecular complexity index is 629. The van der Waals surface area contributed by atoms with Gasteiger partial charge in [-0.1, -0.05) is 5.16 Å². The third-order valence-corrected chi connectivity index (χ3v) is 3.64. The van der Waals surface area contributed by atoms with Crippen molar-refractivity contribution >= 4 is 17.4 Å². The summed E-state index contributed by atoms with van der Waals surface area (Å²) in [5.41, 5.74) is 6.82. The number of pyridine rings is 1. The van der Waals surface area contributed by atoms with Gasteiger partial charge in [0.25, 0.3) is 5.91 Å². The largest absolute Gasteiger partial charge is 0.397 e. The molecule has 0 saturated carbocycles. The first kappa shape index (κ1) is 13.4. The molecule has 2 N–H and O–H groups in total. The average molecular weight is 287 g/mol. The molecule has 0 aromatic carbocycles. The van der Waals surface area contributed by atoms with Gasteiger partial charge in [0.1, 0.15) is 17.1 Å². The van der Waals surface area contributed by atoms with Crippen LogP contribution in [-0.2, 0) is 0 Å². The average Bonchev–Trinajstić information content (AvgIpc) is 2.94. The van der Waals surface area contributed by atoms with Gasteiger partial charge in [0.15, 0.2) is 0 Å². The smallest absolute Gasteiger partial charge is 0.259 e. The summed E-state index contributed by atoms with van der Waals surface area (Å²) in [5, 5.41) is 3.65. The SMILES string of the molecule is Cc1oncc1C(=O)N1CCN(c2ccc(N)cn2)CC1. The van der Waals surface area contributed by atoms with Crippen molar-refractivity contribution in [3.63, 3.8) is 0 Å². The van der Waals surface area contributed by atoms with Crippen LogP contribution in [0.2, 0.25) is 0 Å². The highest BCUT2D eigenvalue weighted by atomic mass is 16.5. The minimum atomic E-state index is -0.0290. The van der Waals surface area contributed by atoms with Crippen molar-refractivity contribution in [1.29, 1.82) is 0 Å². The maximum atomic E-state index is 12.3. The quantitative estimate of drug-likeness (QED) is 0.883. The number of hydrogen-bond donors (Lipinski definition) is 1. The fraction of sp³-hybridized carbons (Fsp3) is 0.357. The number of amides is 1. The Balaban J connectivity index is 1.64. The molecule has 0 aliphatic carbocycles. The summed E-state index contributed by atoms with van der Waals surface area (Å²) in [6.07, 6.45) is 3.12. The molecule has 1 amide bonds. The van der Waals surface area contributed by atoms with Gasteiger partial charge in [-0.05, 0) is 19.1 Å². The zero-order valence-electron chi connectivity index (χ0n) is 11.8. The lowest BCUT2D eigenvalue weighted by molar-refractivity contribution is 0.0744. The van der Waals surface area contributed by atoms with E-state index in [0.29, 0.717) is 30.1 Å². The molecule has 0 spiro atoms. The van der Waals surface area contributed by atoms with Gasteiger partial charge in [-0.3, -0.25) is 4.79 Å². The van der Waals surface area contributed by atoms with Gasteiger partial charge < -0.3 is 20.1 Å². The summed E-state index contributed by atoms with van der Waals surface area (Å²) in [5.74, 6) is 1.42. The topological polar surface area (TPSA) is 88.5 Å². The predicted octanol–water partition coefficient (Wildman–Crippen LogP) is 0.923. The van der Waals surface area contributed by atoms with E-state index in [1.54, 1.807) is 13.1 Å². The first-order chi connectivity index (χ1) is 10.1. The Morgan fingerprint density at radius 1 is 1.24 bits per heavy atom. The number of hydrogen-bond acceptors (Lipinski definition) is 6. The van der Waals surface area contributed by atoms with Gasteiger partial charge in [-0.25, -0.2) is 4.98 Å². The van der Waals surface area contributed by atoms with Crippen LogP contribution in [0.1, 0.15) is 16.1 Å². The van der Waals surface area contributed by atoms with Crippen LogP contribution in [-0.4, -0.2) is 47.1 Å². The standard InChI is InChI=1S/C14H17N5O2/c1-10-12(9-17-21-10)14(20)19-6-4-18(5-7-19)13-3-2-11(15)8-16-13/h2-3,8-9H,4-7,15H2,1H3. The van der Waals surface area contributed by atoms with Crippen LogP contribution in [0, 0.1) is 6.92 Å². The lowest BCUT2D eigenvalue weighted by Gasteiger charge is -2.35. The van der Waals surface area contributed by atoms with Crippen molar-refractivity contribution in [1.82, 2.24) is 15.0 Å². The van der Waals surface area contributed by atoms with E-state index in [9.17, 15) is 4.79 Å². The summed E-state index contributed by atoms with van der Waals surface area (Å²) in [7, 11) is 0. The molecule has 0 atom stereocenters. The molecule has 1 aliphatic heterocycles. The predicted molar refractivity (Wildman–Crippen MR) is 78.0 cm³/mol. The van der Waals surface area contributed by atoms with E-state index in [1.807, 2.05) is 17.0 Å². The number of rotatable bonds is 2. The van der Waals surface area contributed by atoms with Crippen LogP contribution in [0.15, 0.2) is 29.0 Å². The summed E-state index contributed by atoms with van der Waals surface area (Å²) < 4.78 is 4.95. The number of nitrogen functional groups attached to an aromatic ring is 1. The van der Waals surface area contributed by atoms with Crippen molar-refractivity contribution in [2.75, 3.05) is 36.8 Å². The molecular weight excluding hydrogens is 270 g/mol. The molecule has 3 heterocycles. The van der Waals surface area contributed by atoms with Gasteiger partial charge in [-0.15, -0.1) is 0 Å². The van der Waals surface area contributed by atoms with E-state index in [4.69, 9.17) is 10.3 Å². The number of aromatic nitrogens is 2. The molecule has 21 heavy (non-hydrogen) atoms. The highest BCUT2D eigenvalue weighted by Gasteiger charge is 2.25. The molecule has 0 unspecified atom stereocenters. The van der Waals surface area contributed by atoms with E-state index in [-0.39, 0.29) is 5.91 Å². The van der Waals surface area contributed by atoms with E-state index in [2.05, 4.69) is 15.0 Å². The van der Waals surface area contributed by atoms with Crippen LogP contribution in [0.5, 0.6) is 0 Å². The van der Waals surface area contributed by atoms with Crippen molar-refractivity contribution in [3.8, 4) is 0 Å². The first-order valence-corrected chi connectivity index (χ1v) is 6.82. The summed E-state index contributed by atoms with van der Waals surface area (Å²) in [4.78, 5) is 20.6. The molecule has 110 valence electrons. The molecule has 0 bridgehead atoms. The number of carbonyl (C=O) groups is 1.